The third kappa shape index (κ3) is 7.29. The van der Waals surface area contributed by atoms with Gasteiger partial charge in [0.05, 0.1) is 17.7 Å². The van der Waals surface area contributed by atoms with Gasteiger partial charge in [0.1, 0.15) is 24.6 Å². The van der Waals surface area contributed by atoms with Crippen molar-refractivity contribution < 1.29 is 14.2 Å². The van der Waals surface area contributed by atoms with E-state index in [1.54, 1.807) is 13.3 Å². The number of rotatable bonds is 12. The Labute approximate surface area is 251 Å². The Bertz CT molecular complexity index is 1600. The monoisotopic (exact) mass is 579 g/mol. The van der Waals surface area contributed by atoms with Crippen molar-refractivity contribution in [1.29, 1.82) is 0 Å². The maximum Gasteiger partial charge on any atom is 0.232 e. The number of anilines is 2. The highest BCUT2D eigenvalue weighted by molar-refractivity contribution is 5.97. The van der Waals surface area contributed by atoms with Gasteiger partial charge < -0.3 is 29.4 Å². The molecule has 0 unspecified atom stereocenters. The van der Waals surface area contributed by atoms with Crippen molar-refractivity contribution in [2.24, 2.45) is 0 Å². The number of likely N-dealkylation sites (N-methyl/N-ethyl adjacent to an activating group) is 1. The standard InChI is InChI=1S/C33H37N7O3/c1-39-15-17-40(18-16-39)22-24-6-10-26(11-7-24)36-33-37-31-30(32(38-33)42-20-19-41-2)29(21-35-31)25-8-12-28(13-9-25)43-23-27-5-3-4-14-34-27/h3-14,21H,15-20,22-23H2,1-2H3,(H2,35,36,37,38). The number of nitrogens with one attached hydrogen (secondary N) is 2. The highest BCUT2D eigenvalue weighted by Gasteiger charge is 2.18. The molecule has 2 N–H and O–H groups in total. The van der Waals surface area contributed by atoms with Crippen LogP contribution >= 0.6 is 0 Å². The summed E-state index contributed by atoms with van der Waals surface area (Å²) in [5, 5.41) is 4.16. The summed E-state index contributed by atoms with van der Waals surface area (Å²) in [6.45, 7) is 6.60. The van der Waals surface area contributed by atoms with Crippen LogP contribution in [0.25, 0.3) is 22.2 Å². The molecule has 0 radical (unpaired) electrons. The van der Waals surface area contributed by atoms with E-state index in [4.69, 9.17) is 24.2 Å². The Hall–Kier alpha value is -4.51. The van der Waals surface area contributed by atoms with E-state index >= 15 is 0 Å². The van der Waals surface area contributed by atoms with Gasteiger partial charge in [0, 0.05) is 63.5 Å². The highest BCUT2D eigenvalue weighted by atomic mass is 16.5. The molecule has 0 saturated carbocycles. The van der Waals surface area contributed by atoms with Gasteiger partial charge in [-0.2, -0.15) is 9.97 Å². The fourth-order valence-electron chi connectivity index (χ4n) is 5.07. The van der Waals surface area contributed by atoms with Crippen LogP contribution in [0.4, 0.5) is 11.6 Å². The highest BCUT2D eigenvalue weighted by Crippen LogP contribution is 2.35. The van der Waals surface area contributed by atoms with Crippen molar-refractivity contribution in [3.05, 3.63) is 90.4 Å². The fraction of sp³-hybridized carbons (Fsp3) is 0.303. The van der Waals surface area contributed by atoms with Crippen LogP contribution in [0.5, 0.6) is 11.6 Å². The molecule has 3 aromatic heterocycles. The number of hydrogen-bond acceptors (Lipinski definition) is 9. The lowest BCUT2D eigenvalue weighted by molar-refractivity contribution is 0.144. The SMILES string of the molecule is COCCOc1nc(Nc2ccc(CN3CCN(C)CC3)cc2)nc2[nH]cc(-c3ccc(OCc4ccccn4)cc3)c12. The van der Waals surface area contributed by atoms with E-state index in [1.807, 2.05) is 48.7 Å². The van der Waals surface area contributed by atoms with E-state index in [9.17, 15) is 0 Å². The summed E-state index contributed by atoms with van der Waals surface area (Å²) < 4.78 is 17.2. The van der Waals surface area contributed by atoms with Crippen LogP contribution in [-0.2, 0) is 17.9 Å². The van der Waals surface area contributed by atoms with Gasteiger partial charge in [-0.15, -0.1) is 0 Å². The van der Waals surface area contributed by atoms with Crippen molar-refractivity contribution in [1.82, 2.24) is 29.7 Å². The van der Waals surface area contributed by atoms with Gasteiger partial charge in [0.2, 0.25) is 11.8 Å². The predicted octanol–water partition coefficient (Wildman–Crippen LogP) is 5.12. The molecule has 6 rings (SSSR count). The second-order valence-electron chi connectivity index (χ2n) is 10.7. The normalized spacial score (nSPS) is 14.2. The Kier molecular flexibility index (Phi) is 9.07. The first-order valence-electron chi connectivity index (χ1n) is 14.6. The van der Waals surface area contributed by atoms with Gasteiger partial charge in [-0.3, -0.25) is 9.88 Å². The maximum atomic E-state index is 6.10. The molecule has 0 amide bonds. The van der Waals surface area contributed by atoms with Crippen molar-refractivity contribution in [3.8, 4) is 22.8 Å². The molecule has 1 fully saturated rings. The number of aromatic amines is 1. The molecular formula is C33H37N7O3. The van der Waals surface area contributed by atoms with E-state index < -0.39 is 0 Å². The number of pyridine rings is 1. The molecule has 10 heteroatoms. The first kappa shape index (κ1) is 28.6. The van der Waals surface area contributed by atoms with Crippen LogP contribution in [0.3, 0.4) is 0 Å². The Morgan fingerprint density at radius 2 is 1.70 bits per heavy atom. The first-order chi connectivity index (χ1) is 21.1. The zero-order valence-electron chi connectivity index (χ0n) is 24.6. The van der Waals surface area contributed by atoms with E-state index in [1.165, 1.54) is 5.56 Å². The average molecular weight is 580 g/mol. The van der Waals surface area contributed by atoms with Crippen molar-refractivity contribution in [2.45, 2.75) is 13.2 Å². The summed E-state index contributed by atoms with van der Waals surface area (Å²) in [6, 6.07) is 22.2. The summed E-state index contributed by atoms with van der Waals surface area (Å²) >= 11 is 0. The average Bonchev–Trinajstić information content (AvgIpc) is 3.47. The van der Waals surface area contributed by atoms with Gasteiger partial charge >= 0.3 is 0 Å². The maximum absolute atomic E-state index is 6.10. The zero-order valence-corrected chi connectivity index (χ0v) is 24.6. The lowest BCUT2D eigenvalue weighted by Crippen LogP contribution is -2.43. The summed E-state index contributed by atoms with van der Waals surface area (Å²) in [7, 11) is 3.83. The summed E-state index contributed by atoms with van der Waals surface area (Å²) in [4.78, 5) is 22.0. The molecule has 0 bridgehead atoms. The zero-order chi connectivity index (χ0) is 29.4. The number of fused-ring (bicyclic) bond motifs is 1. The van der Waals surface area contributed by atoms with Gasteiger partial charge in [0.15, 0.2) is 0 Å². The van der Waals surface area contributed by atoms with Gasteiger partial charge in [-0.1, -0.05) is 30.3 Å². The molecule has 0 aliphatic carbocycles. The Morgan fingerprint density at radius 3 is 2.44 bits per heavy atom. The van der Waals surface area contributed by atoms with E-state index in [2.05, 4.69) is 56.4 Å². The van der Waals surface area contributed by atoms with Gasteiger partial charge in [-0.25, -0.2) is 0 Å². The van der Waals surface area contributed by atoms with E-state index in [-0.39, 0.29) is 0 Å². The number of H-pyrrole nitrogens is 1. The number of aromatic nitrogens is 4. The third-order valence-electron chi connectivity index (χ3n) is 7.51. The van der Waals surface area contributed by atoms with Crippen LogP contribution in [0.2, 0.25) is 0 Å². The quantitative estimate of drug-likeness (QED) is 0.195. The minimum absolute atomic E-state index is 0.369. The van der Waals surface area contributed by atoms with Crippen LogP contribution < -0.4 is 14.8 Å². The van der Waals surface area contributed by atoms with E-state index in [0.29, 0.717) is 37.3 Å². The molecule has 1 saturated heterocycles. The molecule has 43 heavy (non-hydrogen) atoms. The number of nitrogens with zero attached hydrogens (tertiary/aromatic N) is 5. The van der Waals surface area contributed by atoms with Crippen LogP contribution in [0, 0.1) is 0 Å². The summed E-state index contributed by atoms with van der Waals surface area (Å²) in [5.74, 6) is 1.71. The number of methoxy groups -OCH3 is 1. The Balaban J connectivity index is 1.18. The second kappa shape index (κ2) is 13.6. The van der Waals surface area contributed by atoms with Crippen LogP contribution in [0.1, 0.15) is 11.3 Å². The van der Waals surface area contributed by atoms with E-state index in [0.717, 1.165) is 66.4 Å². The number of benzene rings is 2. The fourth-order valence-corrected chi connectivity index (χ4v) is 5.07. The lowest BCUT2D eigenvalue weighted by atomic mass is 10.1. The molecule has 0 atom stereocenters. The largest absolute Gasteiger partial charge is 0.487 e. The minimum atomic E-state index is 0.369. The molecule has 1 aliphatic rings. The molecule has 5 aromatic rings. The van der Waals surface area contributed by atoms with Crippen LogP contribution in [-0.4, -0.2) is 83.3 Å². The molecule has 222 valence electrons. The molecule has 2 aromatic carbocycles. The van der Waals surface area contributed by atoms with Crippen molar-refractivity contribution in [2.75, 3.05) is 58.9 Å². The van der Waals surface area contributed by atoms with Gasteiger partial charge in [-0.05, 0) is 54.6 Å². The topological polar surface area (TPSA) is 101 Å². The third-order valence-corrected chi connectivity index (χ3v) is 7.51. The van der Waals surface area contributed by atoms with Gasteiger partial charge in [0.25, 0.3) is 0 Å². The Morgan fingerprint density at radius 1 is 0.884 bits per heavy atom. The number of piperazine rings is 1. The van der Waals surface area contributed by atoms with Crippen molar-refractivity contribution in [3.63, 3.8) is 0 Å². The summed E-state index contributed by atoms with van der Waals surface area (Å²) in [6.07, 6.45) is 3.70. The number of ether oxygens (including phenoxy) is 3. The van der Waals surface area contributed by atoms with Crippen LogP contribution in [0.15, 0.2) is 79.1 Å². The molecule has 4 heterocycles. The lowest BCUT2D eigenvalue weighted by Gasteiger charge is -2.32. The second-order valence-corrected chi connectivity index (χ2v) is 10.7. The minimum Gasteiger partial charge on any atom is -0.487 e. The molecular weight excluding hydrogens is 542 g/mol. The molecule has 1 aliphatic heterocycles. The smallest absolute Gasteiger partial charge is 0.232 e. The predicted molar refractivity (Wildman–Crippen MR) is 168 cm³/mol. The van der Waals surface area contributed by atoms with Crippen molar-refractivity contribution >= 4 is 22.7 Å². The first-order valence-corrected chi connectivity index (χ1v) is 14.6. The summed E-state index contributed by atoms with van der Waals surface area (Å²) in [5.41, 5.74) is 5.70. The number of hydrogen-bond donors (Lipinski definition) is 2. The molecule has 10 nitrogen and oxygen atoms in total. The molecule has 0 spiro atoms.